The summed E-state index contributed by atoms with van der Waals surface area (Å²) >= 11 is 0. The number of halogens is 1. The predicted octanol–water partition coefficient (Wildman–Crippen LogP) is 2.17. The van der Waals surface area contributed by atoms with Crippen LogP contribution in [0.4, 0.5) is 15.8 Å². The topological polar surface area (TPSA) is 58.4 Å². The van der Waals surface area contributed by atoms with E-state index >= 15 is 0 Å². The summed E-state index contributed by atoms with van der Waals surface area (Å²) in [5, 5.41) is 14.1. The van der Waals surface area contributed by atoms with E-state index < -0.39 is 10.7 Å². The summed E-state index contributed by atoms with van der Waals surface area (Å²) < 4.78 is 13.4. The smallest absolute Gasteiger partial charge is 0.274 e. The van der Waals surface area contributed by atoms with Crippen LogP contribution in [0.1, 0.15) is 12.8 Å². The van der Waals surface area contributed by atoms with Crippen molar-refractivity contribution in [2.75, 3.05) is 31.6 Å². The van der Waals surface area contributed by atoms with Gasteiger partial charge in [0.15, 0.2) is 0 Å². The summed E-state index contributed by atoms with van der Waals surface area (Å²) in [6, 6.07) is 3.70. The highest BCUT2D eigenvalue weighted by molar-refractivity contribution is 5.53. The van der Waals surface area contributed by atoms with Crippen molar-refractivity contribution in [3.05, 3.63) is 34.1 Å². The van der Waals surface area contributed by atoms with Gasteiger partial charge in [0.1, 0.15) is 5.82 Å². The fourth-order valence-electron chi connectivity index (χ4n) is 2.46. The van der Waals surface area contributed by atoms with Gasteiger partial charge >= 0.3 is 0 Å². The number of anilines is 1. The van der Waals surface area contributed by atoms with Gasteiger partial charge in [0.25, 0.3) is 5.69 Å². The van der Waals surface area contributed by atoms with E-state index in [0.29, 0.717) is 11.6 Å². The van der Waals surface area contributed by atoms with E-state index in [1.807, 2.05) is 11.9 Å². The first-order valence-electron chi connectivity index (χ1n) is 6.43. The van der Waals surface area contributed by atoms with Gasteiger partial charge in [-0.25, -0.2) is 4.39 Å². The lowest BCUT2D eigenvalue weighted by Gasteiger charge is -2.28. The van der Waals surface area contributed by atoms with Crippen molar-refractivity contribution in [1.29, 1.82) is 0 Å². The Morgan fingerprint density at radius 2 is 2.32 bits per heavy atom. The predicted molar refractivity (Wildman–Crippen MR) is 71.9 cm³/mol. The summed E-state index contributed by atoms with van der Waals surface area (Å²) in [6.45, 7) is 2.76. The molecule has 1 unspecified atom stereocenters. The molecule has 1 aromatic carbocycles. The molecule has 104 valence electrons. The molecule has 1 atom stereocenters. The Balaban J connectivity index is 2.09. The fourth-order valence-corrected chi connectivity index (χ4v) is 2.46. The Bertz CT molecular complexity index is 461. The lowest BCUT2D eigenvalue weighted by Crippen LogP contribution is -2.36. The Hall–Kier alpha value is -1.69. The second kappa shape index (κ2) is 5.97. The highest BCUT2D eigenvalue weighted by atomic mass is 19.1. The number of rotatable bonds is 4. The van der Waals surface area contributed by atoms with Crippen molar-refractivity contribution in [2.45, 2.75) is 12.8 Å². The summed E-state index contributed by atoms with van der Waals surface area (Å²) in [6.07, 6.45) is 2.27. The average molecular weight is 267 g/mol. The molecular weight excluding hydrogens is 249 g/mol. The zero-order valence-corrected chi connectivity index (χ0v) is 10.9. The van der Waals surface area contributed by atoms with Crippen molar-refractivity contribution in [2.24, 2.45) is 5.92 Å². The molecule has 1 fully saturated rings. The lowest BCUT2D eigenvalue weighted by atomic mass is 9.99. The number of nitro benzene ring substituents is 1. The summed E-state index contributed by atoms with van der Waals surface area (Å²) in [4.78, 5) is 12.0. The minimum Gasteiger partial charge on any atom is -0.374 e. The van der Waals surface area contributed by atoms with Crippen LogP contribution in [0.3, 0.4) is 0 Å². The van der Waals surface area contributed by atoms with Gasteiger partial charge in [-0.15, -0.1) is 0 Å². The number of nitrogens with one attached hydrogen (secondary N) is 1. The SMILES string of the molecule is CN(CC1CCCNC1)c1cc(F)cc([N+](=O)[O-])c1. The lowest BCUT2D eigenvalue weighted by molar-refractivity contribution is -0.385. The number of nitrogens with zero attached hydrogens (tertiary/aromatic N) is 2. The summed E-state index contributed by atoms with van der Waals surface area (Å²) in [5.41, 5.74) is 0.348. The maximum atomic E-state index is 13.4. The van der Waals surface area contributed by atoms with E-state index in [9.17, 15) is 14.5 Å². The first-order chi connectivity index (χ1) is 9.06. The number of hydrogen-bond acceptors (Lipinski definition) is 4. The fraction of sp³-hybridized carbons (Fsp3) is 0.538. The number of non-ortho nitro benzene ring substituents is 1. The molecule has 19 heavy (non-hydrogen) atoms. The van der Waals surface area contributed by atoms with Crippen LogP contribution >= 0.6 is 0 Å². The van der Waals surface area contributed by atoms with Gasteiger partial charge in [-0.3, -0.25) is 10.1 Å². The number of hydrogen-bond donors (Lipinski definition) is 1. The molecule has 1 aliphatic heterocycles. The van der Waals surface area contributed by atoms with Gasteiger partial charge in [0.05, 0.1) is 11.0 Å². The van der Waals surface area contributed by atoms with Crippen LogP contribution in [0.15, 0.2) is 18.2 Å². The standard InChI is InChI=1S/C13H18FN3O2/c1-16(9-10-3-2-4-15-8-10)12-5-11(14)6-13(7-12)17(18)19/h5-7,10,15H,2-4,8-9H2,1H3. The largest absolute Gasteiger partial charge is 0.374 e. The quantitative estimate of drug-likeness (QED) is 0.671. The zero-order valence-electron chi connectivity index (χ0n) is 10.9. The van der Waals surface area contributed by atoms with E-state index in [1.54, 1.807) is 0 Å². The minimum absolute atomic E-state index is 0.205. The molecule has 0 spiro atoms. The summed E-state index contributed by atoms with van der Waals surface area (Å²) in [7, 11) is 1.84. The Morgan fingerprint density at radius 1 is 1.53 bits per heavy atom. The van der Waals surface area contributed by atoms with Crippen molar-refractivity contribution < 1.29 is 9.31 Å². The first kappa shape index (κ1) is 13.7. The number of benzene rings is 1. The highest BCUT2D eigenvalue weighted by Crippen LogP contribution is 2.24. The van der Waals surface area contributed by atoms with E-state index in [1.165, 1.54) is 12.1 Å². The number of piperidine rings is 1. The molecular formula is C13H18FN3O2. The van der Waals surface area contributed by atoms with Crippen LogP contribution in [-0.4, -0.2) is 31.6 Å². The summed E-state index contributed by atoms with van der Waals surface area (Å²) in [5.74, 6) is -0.0705. The molecule has 1 aliphatic rings. The van der Waals surface area contributed by atoms with Gasteiger partial charge in [0, 0.05) is 25.3 Å². The average Bonchev–Trinajstić information content (AvgIpc) is 2.39. The van der Waals surface area contributed by atoms with Crippen LogP contribution in [0.5, 0.6) is 0 Å². The van der Waals surface area contributed by atoms with Crippen LogP contribution in [0, 0.1) is 21.8 Å². The highest BCUT2D eigenvalue weighted by Gasteiger charge is 2.17. The Morgan fingerprint density at radius 3 is 2.95 bits per heavy atom. The second-order valence-electron chi connectivity index (χ2n) is 5.02. The molecule has 0 saturated carbocycles. The van der Waals surface area contributed by atoms with Gasteiger partial charge in [0.2, 0.25) is 0 Å². The van der Waals surface area contributed by atoms with Crippen molar-refractivity contribution >= 4 is 11.4 Å². The van der Waals surface area contributed by atoms with Crippen molar-refractivity contribution in [3.63, 3.8) is 0 Å². The molecule has 6 heteroatoms. The third kappa shape index (κ3) is 3.64. The zero-order chi connectivity index (χ0) is 13.8. The van der Waals surface area contributed by atoms with Crippen LogP contribution in [0.25, 0.3) is 0 Å². The van der Waals surface area contributed by atoms with E-state index in [-0.39, 0.29) is 5.69 Å². The van der Waals surface area contributed by atoms with E-state index in [0.717, 1.165) is 38.5 Å². The molecule has 2 rings (SSSR count). The maximum absolute atomic E-state index is 13.4. The van der Waals surface area contributed by atoms with Crippen LogP contribution in [-0.2, 0) is 0 Å². The van der Waals surface area contributed by atoms with Crippen molar-refractivity contribution in [1.82, 2.24) is 5.32 Å². The molecule has 0 radical (unpaired) electrons. The van der Waals surface area contributed by atoms with E-state index in [2.05, 4.69) is 5.32 Å². The Labute approximate surface area is 111 Å². The van der Waals surface area contributed by atoms with E-state index in [4.69, 9.17) is 0 Å². The molecule has 0 aromatic heterocycles. The molecule has 0 aliphatic carbocycles. The van der Waals surface area contributed by atoms with Crippen molar-refractivity contribution in [3.8, 4) is 0 Å². The van der Waals surface area contributed by atoms with Gasteiger partial charge in [-0.2, -0.15) is 0 Å². The maximum Gasteiger partial charge on any atom is 0.274 e. The molecule has 1 N–H and O–H groups in total. The second-order valence-corrected chi connectivity index (χ2v) is 5.02. The Kier molecular flexibility index (Phi) is 4.31. The molecule has 1 saturated heterocycles. The first-order valence-corrected chi connectivity index (χ1v) is 6.43. The van der Waals surface area contributed by atoms with Gasteiger partial charge < -0.3 is 10.2 Å². The third-order valence-electron chi connectivity index (χ3n) is 3.45. The van der Waals surface area contributed by atoms with Crippen LogP contribution < -0.4 is 10.2 Å². The molecule has 0 amide bonds. The third-order valence-corrected chi connectivity index (χ3v) is 3.45. The normalized spacial score (nSPS) is 19.2. The van der Waals surface area contributed by atoms with Gasteiger partial charge in [-0.1, -0.05) is 0 Å². The molecule has 5 nitrogen and oxygen atoms in total. The number of nitro groups is 1. The van der Waals surface area contributed by atoms with Gasteiger partial charge in [-0.05, 0) is 37.9 Å². The van der Waals surface area contributed by atoms with Crippen LogP contribution in [0.2, 0.25) is 0 Å². The molecule has 1 heterocycles. The molecule has 0 bridgehead atoms. The monoisotopic (exact) mass is 267 g/mol. The molecule has 1 aromatic rings. The minimum atomic E-state index is -0.571.